The molecule has 1 fully saturated rings. The average molecular weight is 188 g/mol. The van der Waals surface area contributed by atoms with E-state index in [1.807, 2.05) is 20.8 Å². The normalized spacial score (nSPS) is 35.8. The third kappa shape index (κ3) is 2.18. The molecule has 3 nitrogen and oxygen atoms in total. The van der Waals surface area contributed by atoms with Crippen molar-refractivity contribution in [3.63, 3.8) is 0 Å². The molecule has 1 rings (SSSR count). The van der Waals surface area contributed by atoms with Gasteiger partial charge >= 0.3 is 0 Å². The summed E-state index contributed by atoms with van der Waals surface area (Å²) in [6, 6.07) is -0.405. The summed E-state index contributed by atoms with van der Waals surface area (Å²) in [5.41, 5.74) is -0.0932. The summed E-state index contributed by atoms with van der Waals surface area (Å²) in [6.45, 7) is 7.67. The number of hydrogen-bond acceptors (Lipinski definition) is 2. The van der Waals surface area contributed by atoms with Gasteiger partial charge in [-0.25, -0.2) is 4.39 Å². The molecule has 76 valence electrons. The highest BCUT2D eigenvalue weighted by Gasteiger charge is 2.38. The minimum Gasteiger partial charge on any atom is -0.338 e. The molecule has 0 saturated carbocycles. The second kappa shape index (κ2) is 3.25. The summed E-state index contributed by atoms with van der Waals surface area (Å²) >= 11 is 0. The van der Waals surface area contributed by atoms with Crippen LogP contribution in [0.5, 0.6) is 0 Å². The molecule has 1 aliphatic rings. The van der Waals surface area contributed by atoms with Crippen LogP contribution in [0.4, 0.5) is 4.39 Å². The molecule has 13 heavy (non-hydrogen) atoms. The highest BCUT2D eigenvalue weighted by Crippen LogP contribution is 2.21. The maximum Gasteiger partial charge on any atom is 0.257 e. The van der Waals surface area contributed by atoms with Crippen molar-refractivity contribution in [2.45, 2.75) is 46.1 Å². The molecule has 0 unspecified atom stereocenters. The lowest BCUT2D eigenvalue weighted by Crippen LogP contribution is -2.65. The van der Waals surface area contributed by atoms with E-state index >= 15 is 0 Å². The van der Waals surface area contributed by atoms with Gasteiger partial charge in [0.15, 0.2) is 6.17 Å². The third-order valence-electron chi connectivity index (χ3n) is 2.27. The fourth-order valence-electron chi connectivity index (χ4n) is 1.30. The van der Waals surface area contributed by atoms with Crippen molar-refractivity contribution in [1.82, 2.24) is 10.6 Å². The van der Waals surface area contributed by atoms with Crippen molar-refractivity contribution in [2.75, 3.05) is 0 Å². The van der Waals surface area contributed by atoms with Crippen molar-refractivity contribution in [2.24, 2.45) is 5.41 Å². The number of hydrogen-bond donors (Lipinski definition) is 2. The number of alkyl halides is 1. The monoisotopic (exact) mass is 188 g/mol. The molecule has 0 aliphatic carbocycles. The van der Waals surface area contributed by atoms with E-state index in [0.29, 0.717) is 0 Å². The Morgan fingerprint density at radius 3 is 2.31 bits per heavy atom. The van der Waals surface area contributed by atoms with Crippen LogP contribution in [0.2, 0.25) is 0 Å². The van der Waals surface area contributed by atoms with Crippen molar-refractivity contribution < 1.29 is 9.18 Å². The first-order valence-electron chi connectivity index (χ1n) is 4.53. The molecule has 0 spiro atoms. The quantitative estimate of drug-likeness (QED) is 0.590. The second-order valence-corrected chi connectivity index (χ2v) is 4.66. The molecule has 1 heterocycles. The van der Waals surface area contributed by atoms with Gasteiger partial charge in [-0.15, -0.1) is 0 Å². The summed E-state index contributed by atoms with van der Waals surface area (Å²) in [5.74, 6) is -0.508. The molecular weight excluding hydrogens is 171 g/mol. The maximum atomic E-state index is 13.1. The van der Waals surface area contributed by atoms with Gasteiger partial charge in [-0.05, 0) is 12.3 Å². The van der Waals surface area contributed by atoms with E-state index in [1.54, 1.807) is 6.92 Å². The van der Waals surface area contributed by atoms with E-state index in [2.05, 4.69) is 10.6 Å². The van der Waals surface area contributed by atoms with Crippen LogP contribution in [0.15, 0.2) is 0 Å². The average Bonchev–Trinajstić information content (AvgIpc) is 1.97. The molecule has 0 aromatic rings. The highest BCUT2D eigenvalue weighted by molar-refractivity contribution is 5.82. The molecule has 1 aliphatic heterocycles. The van der Waals surface area contributed by atoms with Crippen LogP contribution in [0.1, 0.15) is 27.7 Å². The van der Waals surface area contributed by atoms with Crippen LogP contribution in [0, 0.1) is 5.41 Å². The van der Waals surface area contributed by atoms with Gasteiger partial charge in [0.1, 0.15) is 0 Å². The Bertz CT molecular complexity index is 212. The lowest BCUT2D eigenvalue weighted by molar-refractivity contribution is -0.132. The number of carbonyl (C=O) groups is 1. The molecule has 0 aromatic heterocycles. The summed E-state index contributed by atoms with van der Waals surface area (Å²) in [7, 11) is 0. The minimum atomic E-state index is -1.43. The lowest BCUT2D eigenvalue weighted by Gasteiger charge is -2.39. The van der Waals surface area contributed by atoms with Gasteiger partial charge in [-0.1, -0.05) is 20.8 Å². The molecule has 4 heteroatoms. The zero-order valence-corrected chi connectivity index (χ0v) is 8.52. The van der Waals surface area contributed by atoms with Gasteiger partial charge in [0.25, 0.3) is 5.91 Å². The number of carbonyl (C=O) groups excluding carboxylic acids is 1. The molecular formula is C9H17FN2O. The topological polar surface area (TPSA) is 41.1 Å². The Kier molecular flexibility index (Phi) is 2.61. The van der Waals surface area contributed by atoms with Gasteiger partial charge < -0.3 is 5.32 Å². The number of nitrogens with one attached hydrogen (secondary N) is 2. The fraction of sp³-hybridized carbons (Fsp3) is 0.889. The minimum absolute atomic E-state index is 0.0932. The smallest absolute Gasteiger partial charge is 0.257 e. The van der Waals surface area contributed by atoms with E-state index in [0.717, 1.165) is 0 Å². The van der Waals surface area contributed by atoms with Gasteiger partial charge in [-0.2, -0.15) is 0 Å². The Morgan fingerprint density at radius 2 is 1.92 bits per heavy atom. The standard InChI is InChI=1S/C9H17FN2O/c1-5-6(10)7(13)12-8(11-5)9(2,3)4/h5-6,8,11H,1-4H3,(H,12,13)/t5-,6-,8-/m0/s1. The van der Waals surface area contributed by atoms with Crippen molar-refractivity contribution >= 4 is 5.91 Å². The SMILES string of the molecule is C[C@@H]1N[C@H](C(C)(C)C)NC(=O)[C@H]1F. The number of amides is 1. The van der Waals surface area contributed by atoms with Crippen molar-refractivity contribution in [3.05, 3.63) is 0 Å². The number of rotatable bonds is 0. The first-order valence-corrected chi connectivity index (χ1v) is 4.53. The molecule has 1 amide bonds. The van der Waals surface area contributed by atoms with E-state index < -0.39 is 18.1 Å². The summed E-state index contributed by atoms with van der Waals surface area (Å²) in [6.07, 6.45) is -1.58. The van der Waals surface area contributed by atoms with Gasteiger partial charge in [-0.3, -0.25) is 10.1 Å². The zero-order chi connectivity index (χ0) is 10.2. The van der Waals surface area contributed by atoms with E-state index in [4.69, 9.17) is 0 Å². The summed E-state index contributed by atoms with van der Waals surface area (Å²) in [4.78, 5) is 11.1. The highest BCUT2D eigenvalue weighted by atomic mass is 19.1. The van der Waals surface area contributed by atoms with Crippen LogP contribution in [-0.4, -0.2) is 24.3 Å². The second-order valence-electron chi connectivity index (χ2n) is 4.66. The summed E-state index contributed by atoms with van der Waals surface area (Å²) in [5, 5.41) is 5.64. The predicted octanol–water partition coefficient (Wildman–Crippen LogP) is 0.805. The molecule has 0 aromatic carbocycles. The Labute approximate surface area is 78.1 Å². The number of halogens is 1. The maximum absolute atomic E-state index is 13.1. The van der Waals surface area contributed by atoms with Crippen molar-refractivity contribution in [3.8, 4) is 0 Å². The van der Waals surface area contributed by atoms with Crippen molar-refractivity contribution in [1.29, 1.82) is 0 Å². The van der Waals surface area contributed by atoms with Crippen LogP contribution < -0.4 is 10.6 Å². The van der Waals surface area contributed by atoms with E-state index in [-0.39, 0.29) is 11.6 Å². The first kappa shape index (κ1) is 10.4. The van der Waals surface area contributed by atoms with Crippen LogP contribution in [0.3, 0.4) is 0 Å². The molecule has 0 bridgehead atoms. The Morgan fingerprint density at radius 1 is 1.38 bits per heavy atom. The van der Waals surface area contributed by atoms with Gasteiger partial charge in [0.05, 0.1) is 6.17 Å². The van der Waals surface area contributed by atoms with E-state index in [1.165, 1.54) is 0 Å². The van der Waals surface area contributed by atoms with Crippen LogP contribution >= 0.6 is 0 Å². The zero-order valence-electron chi connectivity index (χ0n) is 8.52. The predicted molar refractivity (Wildman–Crippen MR) is 48.9 cm³/mol. The fourth-order valence-corrected chi connectivity index (χ4v) is 1.30. The molecule has 0 radical (unpaired) electrons. The largest absolute Gasteiger partial charge is 0.338 e. The van der Waals surface area contributed by atoms with Crippen LogP contribution in [-0.2, 0) is 4.79 Å². The lowest BCUT2D eigenvalue weighted by atomic mass is 9.89. The first-order chi connectivity index (χ1) is 5.82. The summed E-state index contributed by atoms with van der Waals surface area (Å²) < 4.78 is 13.1. The molecule has 2 N–H and O–H groups in total. The Hall–Kier alpha value is -0.640. The Balaban J connectivity index is 2.69. The van der Waals surface area contributed by atoms with Gasteiger partial charge in [0.2, 0.25) is 0 Å². The van der Waals surface area contributed by atoms with Gasteiger partial charge in [0, 0.05) is 6.04 Å². The third-order valence-corrected chi connectivity index (χ3v) is 2.27. The molecule has 1 saturated heterocycles. The molecule has 3 atom stereocenters. The van der Waals surface area contributed by atoms with Crippen LogP contribution in [0.25, 0.3) is 0 Å². The van der Waals surface area contributed by atoms with E-state index in [9.17, 15) is 9.18 Å².